The number of aliphatic hydroxyl groups excluding tert-OH is 1. The number of carbonyl (C=O) groups is 2. The summed E-state index contributed by atoms with van der Waals surface area (Å²) < 4.78 is 0. The smallest absolute Gasteiger partial charge is 0.327 e. The van der Waals surface area contributed by atoms with Crippen molar-refractivity contribution in [2.75, 3.05) is 20.2 Å². The fraction of sp³-hybridized carbons (Fsp3) is 0.304. The molecule has 1 saturated heterocycles. The summed E-state index contributed by atoms with van der Waals surface area (Å²) in [6, 6.07) is 14.8. The quantitative estimate of drug-likeness (QED) is 0.642. The van der Waals surface area contributed by atoms with Gasteiger partial charge in [0.05, 0.1) is 11.3 Å². The summed E-state index contributed by atoms with van der Waals surface area (Å²) in [5.74, 6) is -0.658. The number of imide groups is 1. The van der Waals surface area contributed by atoms with Crippen molar-refractivity contribution >= 4 is 51.8 Å². The van der Waals surface area contributed by atoms with Crippen molar-refractivity contribution in [3.05, 3.63) is 75.3 Å². The van der Waals surface area contributed by atoms with Gasteiger partial charge in [-0.2, -0.15) is 0 Å². The topological polar surface area (TPSA) is 60.9 Å². The number of carbonyl (C=O) groups excluding carboxylic acids is 2. The number of benzene rings is 2. The number of hydrogen-bond donors (Lipinski definition) is 1. The van der Waals surface area contributed by atoms with Gasteiger partial charge in [0.2, 0.25) is 5.91 Å². The molecule has 0 radical (unpaired) electrons. The van der Waals surface area contributed by atoms with Crippen LogP contribution in [0.2, 0.25) is 10.0 Å². The van der Waals surface area contributed by atoms with Crippen LogP contribution in [0, 0.1) is 5.92 Å². The van der Waals surface area contributed by atoms with E-state index in [0.717, 1.165) is 21.6 Å². The van der Waals surface area contributed by atoms with Gasteiger partial charge in [0, 0.05) is 35.1 Å². The molecule has 0 aliphatic carbocycles. The van der Waals surface area contributed by atoms with Crippen molar-refractivity contribution in [3.8, 4) is 0 Å². The van der Waals surface area contributed by atoms with Gasteiger partial charge >= 0.3 is 6.03 Å². The van der Waals surface area contributed by atoms with E-state index in [4.69, 9.17) is 23.2 Å². The van der Waals surface area contributed by atoms with Crippen molar-refractivity contribution in [2.24, 2.45) is 5.92 Å². The van der Waals surface area contributed by atoms with Gasteiger partial charge in [0.25, 0.3) is 0 Å². The van der Waals surface area contributed by atoms with Gasteiger partial charge in [-0.05, 0) is 53.8 Å². The molecule has 2 aliphatic rings. The van der Waals surface area contributed by atoms with E-state index in [1.54, 1.807) is 23.7 Å². The van der Waals surface area contributed by atoms with Crippen molar-refractivity contribution in [2.45, 2.75) is 18.2 Å². The molecular weight excluding hydrogens is 455 g/mol. The Kier molecular flexibility index (Phi) is 6.63. The molecule has 0 bridgehead atoms. The highest BCUT2D eigenvalue weighted by Gasteiger charge is 2.51. The third kappa shape index (κ3) is 4.35. The first kappa shape index (κ1) is 22.2. The first-order valence-electron chi connectivity index (χ1n) is 10.00. The average Bonchev–Trinajstić information content (AvgIpc) is 3.14. The molecule has 1 N–H and O–H groups in total. The zero-order chi connectivity index (χ0) is 22.1. The normalized spacial score (nSPS) is 21.2. The number of thioether (sulfide) groups is 1. The predicted octanol–water partition coefficient (Wildman–Crippen LogP) is 4.91. The Hall–Kier alpha value is -1.99. The molecule has 2 heterocycles. The molecule has 4 rings (SSSR count). The lowest BCUT2D eigenvalue weighted by Gasteiger charge is -2.40. The van der Waals surface area contributed by atoms with E-state index in [1.165, 1.54) is 4.90 Å². The number of rotatable bonds is 6. The minimum atomic E-state index is -0.451. The second-order valence-corrected chi connectivity index (χ2v) is 9.61. The highest BCUT2D eigenvalue weighted by Crippen LogP contribution is 2.51. The van der Waals surface area contributed by atoms with E-state index in [-0.39, 0.29) is 30.5 Å². The molecule has 0 aromatic heterocycles. The molecule has 3 amide bonds. The fourth-order valence-electron chi connectivity index (χ4n) is 4.01. The van der Waals surface area contributed by atoms with E-state index in [9.17, 15) is 14.7 Å². The Morgan fingerprint density at radius 3 is 2.23 bits per heavy atom. The maximum Gasteiger partial charge on any atom is 0.327 e. The van der Waals surface area contributed by atoms with Crippen LogP contribution in [0.4, 0.5) is 4.79 Å². The van der Waals surface area contributed by atoms with Crippen LogP contribution >= 0.6 is 35.0 Å². The summed E-state index contributed by atoms with van der Waals surface area (Å²) in [5.41, 5.74) is 3.00. The lowest BCUT2D eigenvalue weighted by Crippen LogP contribution is -2.59. The molecule has 8 heteroatoms. The second kappa shape index (κ2) is 9.25. The van der Waals surface area contributed by atoms with Gasteiger partial charge < -0.3 is 10.0 Å². The lowest BCUT2D eigenvalue weighted by molar-refractivity contribution is -0.135. The van der Waals surface area contributed by atoms with Gasteiger partial charge in [0.1, 0.15) is 0 Å². The van der Waals surface area contributed by atoms with Crippen molar-refractivity contribution in [1.82, 2.24) is 9.80 Å². The molecular formula is C23H22Cl2N2O3S. The van der Waals surface area contributed by atoms with Crippen LogP contribution < -0.4 is 0 Å². The van der Waals surface area contributed by atoms with Crippen molar-refractivity contribution < 1.29 is 14.7 Å². The Labute approximate surface area is 195 Å². The molecule has 0 spiro atoms. The largest absolute Gasteiger partial charge is 0.396 e. The second-order valence-electron chi connectivity index (χ2n) is 7.61. The lowest BCUT2D eigenvalue weighted by atomic mass is 9.88. The standard InChI is InChI=1S/C23H22Cl2N2O3S/c1-26-22-19(21(29)27(23(26)30)11-2-12-28)18(13-14-3-7-16(24)8-4-14)20(31-22)15-5-9-17(25)10-6-15/h3-10,19,22,28H,2,11-13H2,1H3. The Bertz CT molecular complexity index is 1020. The number of fused-ring (bicyclic) bond motifs is 1. The van der Waals surface area contributed by atoms with Crippen LogP contribution in [0.3, 0.4) is 0 Å². The number of nitrogens with zero attached hydrogens (tertiary/aromatic N) is 2. The summed E-state index contributed by atoms with van der Waals surface area (Å²) >= 11 is 13.7. The summed E-state index contributed by atoms with van der Waals surface area (Å²) in [6.07, 6.45) is 0.932. The summed E-state index contributed by atoms with van der Waals surface area (Å²) in [4.78, 5) is 30.2. The highest BCUT2D eigenvalue weighted by atomic mass is 35.5. The van der Waals surface area contributed by atoms with Crippen LogP contribution in [0.1, 0.15) is 17.5 Å². The molecule has 2 aromatic rings. The zero-order valence-electron chi connectivity index (χ0n) is 16.9. The predicted molar refractivity (Wildman–Crippen MR) is 125 cm³/mol. The van der Waals surface area contributed by atoms with Gasteiger partial charge in [-0.25, -0.2) is 4.79 Å². The van der Waals surface area contributed by atoms with Gasteiger partial charge in [-0.15, -0.1) is 0 Å². The minimum absolute atomic E-state index is 0.0763. The number of urea groups is 1. The number of amides is 3. The molecule has 5 nitrogen and oxygen atoms in total. The third-order valence-corrected chi connectivity index (χ3v) is 7.66. The molecule has 31 heavy (non-hydrogen) atoms. The summed E-state index contributed by atoms with van der Waals surface area (Å²) in [7, 11) is 1.73. The van der Waals surface area contributed by atoms with Crippen molar-refractivity contribution in [1.29, 1.82) is 0 Å². The van der Waals surface area contributed by atoms with E-state index in [2.05, 4.69) is 0 Å². The zero-order valence-corrected chi connectivity index (χ0v) is 19.3. The Morgan fingerprint density at radius 2 is 1.61 bits per heavy atom. The van der Waals surface area contributed by atoms with E-state index < -0.39 is 5.92 Å². The first-order chi connectivity index (χ1) is 14.9. The highest BCUT2D eigenvalue weighted by molar-refractivity contribution is 8.09. The van der Waals surface area contributed by atoms with Crippen LogP contribution in [0.5, 0.6) is 0 Å². The van der Waals surface area contributed by atoms with Crippen LogP contribution in [0.25, 0.3) is 4.91 Å². The molecule has 2 unspecified atom stereocenters. The Morgan fingerprint density at radius 1 is 1.00 bits per heavy atom. The van der Waals surface area contributed by atoms with Crippen LogP contribution in [-0.2, 0) is 11.2 Å². The van der Waals surface area contributed by atoms with Gasteiger partial charge in [0.15, 0.2) is 0 Å². The molecule has 2 atom stereocenters. The van der Waals surface area contributed by atoms with Gasteiger partial charge in [-0.1, -0.05) is 59.2 Å². The fourth-order valence-corrected chi connectivity index (χ4v) is 5.80. The molecule has 1 fully saturated rings. The summed E-state index contributed by atoms with van der Waals surface area (Å²) in [5, 5.41) is 10.2. The molecule has 0 saturated carbocycles. The minimum Gasteiger partial charge on any atom is -0.396 e. The maximum atomic E-state index is 13.5. The third-order valence-electron chi connectivity index (χ3n) is 5.59. The number of aliphatic hydroxyl groups is 1. The van der Waals surface area contributed by atoms with Crippen molar-refractivity contribution in [3.63, 3.8) is 0 Å². The number of hydrogen-bond acceptors (Lipinski definition) is 4. The first-order valence-corrected chi connectivity index (χ1v) is 11.6. The SMILES string of the molecule is CN1C(=O)N(CCCO)C(=O)C2C(Cc3ccc(Cl)cc3)=C(c3ccc(Cl)cc3)SC21. The van der Waals surface area contributed by atoms with Gasteiger partial charge in [-0.3, -0.25) is 9.69 Å². The van der Waals surface area contributed by atoms with E-state index in [1.807, 2.05) is 48.5 Å². The average molecular weight is 477 g/mol. The van der Waals surface area contributed by atoms with Crippen LogP contribution in [0.15, 0.2) is 54.1 Å². The molecule has 2 aromatic carbocycles. The Balaban J connectivity index is 1.77. The monoisotopic (exact) mass is 476 g/mol. The van der Waals surface area contributed by atoms with E-state index in [0.29, 0.717) is 22.9 Å². The molecule has 162 valence electrons. The number of halogens is 2. The molecule has 2 aliphatic heterocycles. The van der Waals surface area contributed by atoms with E-state index >= 15 is 0 Å². The maximum absolute atomic E-state index is 13.5. The summed E-state index contributed by atoms with van der Waals surface area (Å²) in [6.45, 7) is 0.129. The van der Waals surface area contributed by atoms with Crippen LogP contribution in [-0.4, -0.2) is 52.4 Å².